The molecular weight excluding hydrogens is 308 g/mol. The highest BCUT2D eigenvalue weighted by atomic mass is 35.5. The summed E-state index contributed by atoms with van der Waals surface area (Å²) < 4.78 is 0. The van der Waals surface area contributed by atoms with Crippen LogP contribution in [0.4, 0.5) is 11.9 Å². The first kappa shape index (κ1) is 14.5. The van der Waals surface area contributed by atoms with Gasteiger partial charge in [-0.15, -0.1) is 11.3 Å². The van der Waals surface area contributed by atoms with Crippen molar-refractivity contribution in [1.29, 1.82) is 0 Å². The normalized spacial score (nSPS) is 14.7. The third kappa shape index (κ3) is 3.79. The number of aryl methyl sites for hydroxylation is 1. The summed E-state index contributed by atoms with van der Waals surface area (Å²) in [5.41, 5.74) is 1.09. The zero-order chi connectivity index (χ0) is 14.7. The van der Waals surface area contributed by atoms with Crippen LogP contribution in [0.15, 0.2) is 5.38 Å². The lowest BCUT2D eigenvalue weighted by atomic mass is 10.3. The van der Waals surface area contributed by atoms with Gasteiger partial charge in [-0.1, -0.05) is 0 Å². The van der Waals surface area contributed by atoms with E-state index in [0.717, 1.165) is 36.8 Å². The van der Waals surface area contributed by atoms with Crippen LogP contribution in [0.2, 0.25) is 5.28 Å². The zero-order valence-corrected chi connectivity index (χ0v) is 13.4. The molecule has 3 heterocycles. The van der Waals surface area contributed by atoms with Gasteiger partial charge in [0.25, 0.3) is 0 Å². The van der Waals surface area contributed by atoms with Crippen molar-refractivity contribution in [3.63, 3.8) is 0 Å². The van der Waals surface area contributed by atoms with E-state index in [9.17, 15) is 0 Å². The molecule has 21 heavy (non-hydrogen) atoms. The first-order chi connectivity index (χ1) is 10.2. The van der Waals surface area contributed by atoms with Crippen LogP contribution in [0.1, 0.15) is 23.5 Å². The molecule has 0 saturated carbocycles. The Morgan fingerprint density at radius 3 is 2.76 bits per heavy atom. The Bertz CT molecular complexity index is 610. The first-order valence-electron chi connectivity index (χ1n) is 7.02. The van der Waals surface area contributed by atoms with Gasteiger partial charge in [-0.05, 0) is 31.4 Å². The molecule has 0 spiro atoms. The van der Waals surface area contributed by atoms with Crippen molar-refractivity contribution in [1.82, 2.24) is 19.9 Å². The summed E-state index contributed by atoms with van der Waals surface area (Å²) in [4.78, 5) is 19.3. The number of nitrogens with zero attached hydrogens (tertiary/aromatic N) is 5. The minimum atomic E-state index is 0.235. The second-order valence-electron chi connectivity index (χ2n) is 4.96. The van der Waals surface area contributed by atoms with E-state index in [1.54, 1.807) is 11.3 Å². The van der Waals surface area contributed by atoms with Crippen LogP contribution in [0.3, 0.4) is 0 Å². The first-order valence-corrected chi connectivity index (χ1v) is 8.28. The zero-order valence-electron chi connectivity index (χ0n) is 11.8. The molecule has 0 amide bonds. The summed E-state index contributed by atoms with van der Waals surface area (Å²) in [7, 11) is 0. The molecule has 0 atom stereocenters. The highest BCUT2D eigenvalue weighted by Gasteiger charge is 2.16. The molecule has 1 N–H and O–H groups in total. The van der Waals surface area contributed by atoms with Gasteiger partial charge < -0.3 is 10.2 Å². The van der Waals surface area contributed by atoms with Gasteiger partial charge in [-0.25, -0.2) is 4.98 Å². The van der Waals surface area contributed by atoms with Gasteiger partial charge in [0, 0.05) is 31.4 Å². The molecule has 2 aromatic heterocycles. The van der Waals surface area contributed by atoms with E-state index in [1.807, 2.05) is 6.92 Å². The third-order valence-corrected chi connectivity index (χ3v) is 4.31. The molecule has 0 bridgehead atoms. The van der Waals surface area contributed by atoms with Gasteiger partial charge >= 0.3 is 0 Å². The summed E-state index contributed by atoms with van der Waals surface area (Å²) in [5, 5.41) is 6.60. The minimum Gasteiger partial charge on any atom is -0.354 e. The second kappa shape index (κ2) is 6.53. The van der Waals surface area contributed by atoms with Gasteiger partial charge in [-0.2, -0.15) is 15.0 Å². The maximum Gasteiger partial charge on any atom is 0.231 e. The van der Waals surface area contributed by atoms with E-state index in [4.69, 9.17) is 11.6 Å². The van der Waals surface area contributed by atoms with Crippen molar-refractivity contribution in [3.05, 3.63) is 21.4 Å². The number of hydrogen-bond donors (Lipinski definition) is 1. The largest absolute Gasteiger partial charge is 0.354 e. The van der Waals surface area contributed by atoms with Crippen molar-refractivity contribution in [3.8, 4) is 0 Å². The van der Waals surface area contributed by atoms with Crippen molar-refractivity contribution in [2.45, 2.75) is 26.2 Å². The fraction of sp³-hybridized carbons (Fsp3) is 0.538. The van der Waals surface area contributed by atoms with E-state index in [1.165, 1.54) is 12.8 Å². The van der Waals surface area contributed by atoms with E-state index in [0.29, 0.717) is 11.9 Å². The molecule has 1 fully saturated rings. The number of anilines is 2. The second-order valence-corrected chi connectivity index (χ2v) is 6.36. The van der Waals surface area contributed by atoms with Crippen molar-refractivity contribution < 1.29 is 0 Å². The quantitative estimate of drug-likeness (QED) is 0.911. The standard InChI is InChI=1S/C13H17ClN6S/c1-9-16-10(8-21-9)4-5-15-12-17-11(14)18-13(19-12)20-6-2-3-7-20/h8H,2-7H2,1H3,(H,15,17,18,19). The fourth-order valence-electron chi connectivity index (χ4n) is 2.30. The van der Waals surface area contributed by atoms with Crippen molar-refractivity contribution in [2.24, 2.45) is 0 Å². The third-order valence-electron chi connectivity index (χ3n) is 3.32. The number of thiazole rings is 1. The highest BCUT2D eigenvalue weighted by Crippen LogP contribution is 2.18. The van der Waals surface area contributed by atoms with Gasteiger partial charge in [0.15, 0.2) is 0 Å². The van der Waals surface area contributed by atoms with E-state index in [2.05, 4.69) is 35.5 Å². The molecule has 0 aromatic carbocycles. The molecular formula is C13H17ClN6S. The van der Waals surface area contributed by atoms with Gasteiger partial charge in [0.05, 0.1) is 10.7 Å². The molecule has 1 aliphatic rings. The number of rotatable bonds is 5. The predicted molar refractivity (Wildman–Crippen MR) is 85.3 cm³/mol. The van der Waals surface area contributed by atoms with Gasteiger partial charge in [0.1, 0.15) is 0 Å². The Balaban J connectivity index is 1.61. The minimum absolute atomic E-state index is 0.235. The van der Waals surface area contributed by atoms with Crippen LogP contribution in [-0.4, -0.2) is 39.6 Å². The summed E-state index contributed by atoms with van der Waals surface area (Å²) in [6.45, 7) is 4.70. The Morgan fingerprint density at radius 1 is 1.24 bits per heavy atom. The smallest absolute Gasteiger partial charge is 0.231 e. The Labute approximate surface area is 132 Å². The SMILES string of the molecule is Cc1nc(CCNc2nc(Cl)nc(N3CCCC3)n2)cs1. The topological polar surface area (TPSA) is 66.8 Å². The van der Waals surface area contributed by atoms with Crippen LogP contribution in [0.25, 0.3) is 0 Å². The Hall–Kier alpha value is -1.47. The van der Waals surface area contributed by atoms with Crippen molar-refractivity contribution in [2.75, 3.05) is 29.9 Å². The number of aromatic nitrogens is 4. The maximum atomic E-state index is 5.99. The molecule has 112 valence electrons. The Kier molecular flexibility index (Phi) is 4.50. The molecule has 1 saturated heterocycles. The summed E-state index contributed by atoms with van der Waals surface area (Å²) in [6, 6.07) is 0. The van der Waals surface area contributed by atoms with Crippen LogP contribution < -0.4 is 10.2 Å². The van der Waals surface area contributed by atoms with Crippen LogP contribution in [0.5, 0.6) is 0 Å². The van der Waals surface area contributed by atoms with E-state index < -0.39 is 0 Å². The monoisotopic (exact) mass is 324 g/mol. The lowest BCUT2D eigenvalue weighted by Gasteiger charge is -2.15. The maximum absolute atomic E-state index is 5.99. The molecule has 8 heteroatoms. The van der Waals surface area contributed by atoms with Crippen LogP contribution in [0, 0.1) is 6.92 Å². The molecule has 3 rings (SSSR count). The number of nitrogens with one attached hydrogen (secondary N) is 1. The average Bonchev–Trinajstić information content (AvgIpc) is 3.10. The van der Waals surface area contributed by atoms with Gasteiger partial charge in [0.2, 0.25) is 17.2 Å². The fourth-order valence-corrected chi connectivity index (χ4v) is 3.11. The summed E-state index contributed by atoms with van der Waals surface area (Å²) in [6.07, 6.45) is 3.19. The van der Waals surface area contributed by atoms with Crippen LogP contribution in [-0.2, 0) is 6.42 Å². The summed E-state index contributed by atoms with van der Waals surface area (Å²) in [5.74, 6) is 1.20. The number of halogens is 1. The highest BCUT2D eigenvalue weighted by molar-refractivity contribution is 7.09. The average molecular weight is 325 g/mol. The van der Waals surface area contributed by atoms with Gasteiger partial charge in [-0.3, -0.25) is 0 Å². The number of hydrogen-bond acceptors (Lipinski definition) is 7. The van der Waals surface area contributed by atoms with E-state index >= 15 is 0 Å². The van der Waals surface area contributed by atoms with E-state index in [-0.39, 0.29) is 5.28 Å². The predicted octanol–water partition coefficient (Wildman–Crippen LogP) is 2.54. The van der Waals surface area contributed by atoms with Crippen molar-refractivity contribution >= 4 is 34.8 Å². The molecule has 1 aliphatic heterocycles. The lowest BCUT2D eigenvalue weighted by molar-refractivity contribution is 0.870. The van der Waals surface area contributed by atoms with Crippen LogP contribution >= 0.6 is 22.9 Å². The molecule has 0 unspecified atom stereocenters. The molecule has 2 aromatic rings. The Morgan fingerprint density at radius 2 is 2.05 bits per heavy atom. The molecule has 0 aliphatic carbocycles. The molecule has 6 nitrogen and oxygen atoms in total. The summed E-state index contributed by atoms with van der Waals surface area (Å²) >= 11 is 7.65. The lowest BCUT2D eigenvalue weighted by Crippen LogP contribution is -2.21. The molecule has 0 radical (unpaired) electrons.